The van der Waals surface area contributed by atoms with Crippen molar-refractivity contribution in [2.75, 3.05) is 0 Å². The molecule has 0 unspecified atom stereocenters. The zero-order chi connectivity index (χ0) is 15.9. The smallest absolute Gasteiger partial charge is 0.0349 e. The molecule has 1 aliphatic rings. The molecule has 0 N–H and O–H groups in total. The second kappa shape index (κ2) is 9.29. The van der Waals surface area contributed by atoms with Crippen molar-refractivity contribution in [2.24, 2.45) is 5.92 Å². The molecule has 0 spiro atoms. The van der Waals surface area contributed by atoms with Crippen molar-refractivity contribution < 1.29 is 0 Å². The maximum Gasteiger partial charge on any atom is 0.0349 e. The van der Waals surface area contributed by atoms with E-state index in [2.05, 4.69) is 56.6 Å². The molecule has 1 fully saturated rings. The number of aromatic nitrogens is 1. The monoisotopic (exact) mass is 309 g/mol. The van der Waals surface area contributed by atoms with Crippen molar-refractivity contribution in [3.05, 3.63) is 66.0 Å². The van der Waals surface area contributed by atoms with E-state index in [1.807, 2.05) is 18.5 Å². The normalized spacial score (nSPS) is 12.7. The number of nitrogens with zero attached hydrogens (tertiary/aromatic N) is 1. The summed E-state index contributed by atoms with van der Waals surface area (Å²) in [4.78, 5) is 4.22. The van der Waals surface area contributed by atoms with Crippen LogP contribution in [0.1, 0.15) is 50.3 Å². The average Bonchev–Trinajstić information content (AvgIpc) is 3.29. The zero-order valence-electron chi connectivity index (χ0n) is 14.1. The number of allylic oxidation sites excluding steroid dienone is 1. The lowest BCUT2D eigenvalue weighted by atomic mass is 9.95. The van der Waals surface area contributed by atoms with Crippen LogP contribution in [0.3, 0.4) is 0 Å². The number of hydrogen-bond donors (Lipinski definition) is 0. The molecule has 1 heteroatoms. The summed E-state index contributed by atoms with van der Waals surface area (Å²) in [5.74, 6) is 1.08. The fraction of sp³-hybridized carbons (Fsp3) is 0.409. The first-order valence-electron chi connectivity index (χ1n) is 8.23. The Morgan fingerprint density at radius 2 is 1.83 bits per heavy atom. The topological polar surface area (TPSA) is 12.9 Å². The molecule has 1 aliphatic carbocycles. The largest absolute Gasteiger partial charge is 0.264 e. The highest BCUT2D eigenvalue weighted by molar-refractivity contribution is 5.69. The number of pyridine rings is 1. The Labute approximate surface area is 142 Å². The number of aryl methyl sites for hydroxylation is 3. The first-order valence-corrected chi connectivity index (χ1v) is 8.23. The van der Waals surface area contributed by atoms with E-state index in [9.17, 15) is 0 Å². The van der Waals surface area contributed by atoms with Gasteiger partial charge in [0.15, 0.2) is 0 Å². The minimum Gasteiger partial charge on any atom is -0.264 e. The van der Waals surface area contributed by atoms with Gasteiger partial charge in [-0.1, -0.05) is 51.5 Å². The molecule has 0 radical (unpaired) electrons. The number of benzene rings is 1. The lowest BCUT2D eigenvalue weighted by Gasteiger charge is -2.10. The predicted molar refractivity (Wildman–Crippen MR) is 103 cm³/mol. The molecule has 1 aromatic heterocycles. The van der Waals surface area contributed by atoms with Gasteiger partial charge in [0.25, 0.3) is 0 Å². The Morgan fingerprint density at radius 1 is 1.13 bits per heavy atom. The van der Waals surface area contributed by atoms with Crippen molar-refractivity contribution in [2.45, 2.75) is 53.9 Å². The van der Waals surface area contributed by atoms with E-state index in [0.717, 1.165) is 18.8 Å². The summed E-state index contributed by atoms with van der Waals surface area (Å²) in [6, 6.07) is 8.74. The van der Waals surface area contributed by atoms with Crippen LogP contribution in [0.25, 0.3) is 11.1 Å². The third-order valence-corrected chi connectivity index (χ3v) is 4.12. The predicted octanol–water partition coefficient (Wildman–Crippen LogP) is 6.54. The third kappa shape index (κ3) is 6.02. The number of rotatable bonds is 4. The molecule has 0 amide bonds. The molecule has 1 heterocycles. The molecule has 3 rings (SSSR count). The minimum atomic E-state index is 0. The molecule has 0 aliphatic heterocycles. The lowest BCUT2D eigenvalue weighted by Crippen LogP contribution is -1.91. The molecular weight excluding hydrogens is 278 g/mol. The Bertz CT molecular complexity index is 624. The zero-order valence-corrected chi connectivity index (χ0v) is 14.1. The van der Waals surface area contributed by atoms with Crippen molar-refractivity contribution in [1.82, 2.24) is 4.98 Å². The quantitative estimate of drug-likeness (QED) is 0.584. The molecule has 23 heavy (non-hydrogen) atoms. The van der Waals surface area contributed by atoms with E-state index in [-0.39, 0.29) is 7.43 Å². The van der Waals surface area contributed by atoms with E-state index in [0.29, 0.717) is 0 Å². The van der Waals surface area contributed by atoms with Crippen molar-refractivity contribution >= 4 is 0 Å². The summed E-state index contributed by atoms with van der Waals surface area (Å²) in [5.41, 5.74) is 6.46. The molecule has 0 saturated heterocycles. The van der Waals surface area contributed by atoms with E-state index < -0.39 is 0 Å². The van der Waals surface area contributed by atoms with Crippen LogP contribution in [-0.2, 0) is 6.42 Å². The van der Waals surface area contributed by atoms with Gasteiger partial charge in [-0.15, -0.1) is 6.58 Å². The molecule has 0 atom stereocenters. The molecule has 1 aromatic carbocycles. The van der Waals surface area contributed by atoms with Gasteiger partial charge in [-0.3, -0.25) is 4.98 Å². The van der Waals surface area contributed by atoms with Crippen LogP contribution in [0.2, 0.25) is 0 Å². The third-order valence-electron chi connectivity index (χ3n) is 4.12. The first kappa shape index (κ1) is 19.2. The van der Waals surface area contributed by atoms with Gasteiger partial charge in [0.1, 0.15) is 0 Å². The fourth-order valence-corrected chi connectivity index (χ4v) is 2.36. The molecule has 0 bridgehead atoms. The average molecular weight is 309 g/mol. The highest BCUT2D eigenvalue weighted by Crippen LogP contribution is 2.27. The van der Waals surface area contributed by atoms with Crippen molar-refractivity contribution in [3.63, 3.8) is 0 Å². The molecule has 1 nitrogen and oxygen atoms in total. The van der Waals surface area contributed by atoms with Crippen LogP contribution in [-0.4, -0.2) is 4.98 Å². The van der Waals surface area contributed by atoms with E-state index in [1.54, 1.807) is 0 Å². The van der Waals surface area contributed by atoms with E-state index >= 15 is 0 Å². The van der Waals surface area contributed by atoms with Gasteiger partial charge < -0.3 is 0 Å². The Morgan fingerprint density at radius 3 is 2.35 bits per heavy atom. The van der Waals surface area contributed by atoms with Gasteiger partial charge in [-0.25, -0.2) is 0 Å². The second-order valence-electron chi connectivity index (χ2n) is 6.35. The highest BCUT2D eigenvalue weighted by atomic mass is 14.6. The van der Waals surface area contributed by atoms with Gasteiger partial charge in [0.2, 0.25) is 0 Å². The minimum absolute atomic E-state index is 0. The van der Waals surface area contributed by atoms with Gasteiger partial charge in [0.05, 0.1) is 0 Å². The van der Waals surface area contributed by atoms with Crippen LogP contribution in [0.15, 0.2) is 49.3 Å². The highest BCUT2D eigenvalue weighted by Gasteiger charge is 2.12. The molecule has 1 saturated carbocycles. The van der Waals surface area contributed by atoms with Gasteiger partial charge in [-0.2, -0.15) is 0 Å². The van der Waals surface area contributed by atoms with Crippen LogP contribution >= 0.6 is 0 Å². The fourth-order valence-electron chi connectivity index (χ4n) is 2.36. The Hall–Kier alpha value is -1.89. The summed E-state index contributed by atoms with van der Waals surface area (Å²) < 4.78 is 0. The van der Waals surface area contributed by atoms with Crippen LogP contribution in [0.4, 0.5) is 0 Å². The molecule has 124 valence electrons. The van der Waals surface area contributed by atoms with E-state index in [4.69, 9.17) is 0 Å². The summed E-state index contributed by atoms with van der Waals surface area (Å²) in [5, 5.41) is 0. The lowest BCUT2D eigenvalue weighted by molar-refractivity contribution is 0.983. The van der Waals surface area contributed by atoms with Crippen molar-refractivity contribution in [3.8, 4) is 11.1 Å². The Kier molecular flexibility index (Phi) is 7.74. The van der Waals surface area contributed by atoms with Gasteiger partial charge >= 0.3 is 0 Å². The SMILES string of the molecule is C.C=CCCc1ccc(-c2cnccc2C)c(C)c1.CC1CC1. The standard InChI is InChI=1S/C17H19N.C4H8.CH4/c1-4-5-6-15-7-8-16(14(3)11-15)17-12-18-10-9-13(17)2;1-4-2-3-4;/h4,7-12H,1,5-6H2,2-3H3;4H,2-3H2,1H3;1H4. The van der Waals surface area contributed by atoms with Crippen LogP contribution in [0, 0.1) is 19.8 Å². The van der Waals surface area contributed by atoms with Crippen LogP contribution < -0.4 is 0 Å². The molecule has 2 aromatic rings. The maximum absolute atomic E-state index is 4.22. The van der Waals surface area contributed by atoms with Gasteiger partial charge in [0, 0.05) is 18.0 Å². The van der Waals surface area contributed by atoms with E-state index in [1.165, 1.54) is 40.7 Å². The first-order chi connectivity index (χ1) is 10.6. The summed E-state index contributed by atoms with van der Waals surface area (Å²) in [6.07, 6.45) is 10.8. The van der Waals surface area contributed by atoms with Gasteiger partial charge in [-0.05, 0) is 60.9 Å². The van der Waals surface area contributed by atoms with Crippen molar-refractivity contribution in [1.29, 1.82) is 0 Å². The summed E-state index contributed by atoms with van der Waals surface area (Å²) in [6.45, 7) is 10.3. The van der Waals surface area contributed by atoms with Crippen LogP contribution in [0.5, 0.6) is 0 Å². The second-order valence-corrected chi connectivity index (χ2v) is 6.35. The maximum atomic E-state index is 4.22. The Balaban J connectivity index is 0.000000461. The molecular formula is C22H31N. The summed E-state index contributed by atoms with van der Waals surface area (Å²) in [7, 11) is 0. The number of hydrogen-bond acceptors (Lipinski definition) is 1. The summed E-state index contributed by atoms with van der Waals surface area (Å²) >= 11 is 0.